The van der Waals surface area contributed by atoms with Gasteiger partial charge in [0.1, 0.15) is 11.6 Å². The number of aliphatic carboxylic acids is 1. The summed E-state index contributed by atoms with van der Waals surface area (Å²) >= 11 is 0. The van der Waals surface area contributed by atoms with Gasteiger partial charge in [0.05, 0.1) is 23.7 Å². The maximum Gasteiger partial charge on any atom is 0.490 e. The summed E-state index contributed by atoms with van der Waals surface area (Å²) in [7, 11) is 1.65. The molecule has 0 saturated heterocycles. The Labute approximate surface area is 242 Å². The SMILES string of the molecule is COc1ccc(CNCc2ccc(-c3cccc(-c4nc5ccc(C(F)(F)F)cc5[nH]4)c3)cc2)cc1.O=C(O)C(F)(F)F. The highest BCUT2D eigenvalue weighted by atomic mass is 19.4. The number of hydrogen-bond acceptors (Lipinski definition) is 4. The summed E-state index contributed by atoms with van der Waals surface area (Å²) < 4.78 is 76.1. The number of carboxylic acids is 1. The number of benzene rings is 4. The Hall–Kier alpha value is -4.84. The van der Waals surface area contributed by atoms with E-state index < -0.39 is 23.9 Å². The summed E-state index contributed by atoms with van der Waals surface area (Å²) in [4.78, 5) is 16.4. The fourth-order valence-corrected chi connectivity index (χ4v) is 4.08. The van der Waals surface area contributed by atoms with Gasteiger partial charge in [0.15, 0.2) is 0 Å². The van der Waals surface area contributed by atoms with Gasteiger partial charge in [0, 0.05) is 18.7 Å². The number of carbonyl (C=O) groups is 1. The van der Waals surface area contributed by atoms with Gasteiger partial charge in [-0.1, -0.05) is 54.6 Å². The zero-order valence-electron chi connectivity index (χ0n) is 22.6. The van der Waals surface area contributed by atoms with Crippen LogP contribution in [-0.2, 0) is 24.1 Å². The first kappa shape index (κ1) is 31.1. The van der Waals surface area contributed by atoms with Crippen molar-refractivity contribution in [1.29, 1.82) is 0 Å². The third kappa shape index (κ3) is 8.35. The second-order valence-electron chi connectivity index (χ2n) is 9.35. The van der Waals surface area contributed by atoms with Gasteiger partial charge in [-0.05, 0) is 58.7 Å². The highest BCUT2D eigenvalue weighted by Gasteiger charge is 2.38. The fourth-order valence-electron chi connectivity index (χ4n) is 4.08. The van der Waals surface area contributed by atoms with E-state index in [0.29, 0.717) is 16.9 Å². The third-order valence-electron chi connectivity index (χ3n) is 6.29. The lowest BCUT2D eigenvalue weighted by Crippen LogP contribution is -2.21. The number of aromatic nitrogens is 2. The number of ether oxygens (including phenoxy) is 1. The molecule has 0 aliphatic heterocycles. The van der Waals surface area contributed by atoms with Crippen molar-refractivity contribution >= 4 is 17.0 Å². The molecular formula is C31H25F6N3O3. The molecule has 0 atom stereocenters. The Morgan fingerprint density at radius 2 is 1.40 bits per heavy atom. The van der Waals surface area contributed by atoms with Crippen LogP contribution in [0.3, 0.4) is 0 Å². The number of fused-ring (bicyclic) bond motifs is 1. The molecular weight excluding hydrogens is 576 g/mol. The molecule has 1 heterocycles. The molecule has 1 aromatic heterocycles. The zero-order chi connectivity index (χ0) is 31.2. The van der Waals surface area contributed by atoms with Crippen LogP contribution >= 0.6 is 0 Å². The maximum absolute atomic E-state index is 13.0. The number of nitrogens with one attached hydrogen (secondary N) is 2. The van der Waals surface area contributed by atoms with Crippen molar-refractivity contribution in [3.8, 4) is 28.3 Å². The van der Waals surface area contributed by atoms with Gasteiger partial charge in [0.25, 0.3) is 0 Å². The topological polar surface area (TPSA) is 87.2 Å². The van der Waals surface area contributed by atoms with E-state index >= 15 is 0 Å². The molecule has 0 spiro atoms. The van der Waals surface area contributed by atoms with E-state index in [1.54, 1.807) is 7.11 Å². The Morgan fingerprint density at radius 1 is 0.814 bits per heavy atom. The van der Waals surface area contributed by atoms with Crippen LogP contribution in [0.15, 0.2) is 91.0 Å². The molecule has 5 rings (SSSR count). The number of imidazole rings is 1. The normalized spacial score (nSPS) is 11.6. The number of rotatable bonds is 7. The minimum Gasteiger partial charge on any atom is -0.497 e. The van der Waals surface area contributed by atoms with Gasteiger partial charge >= 0.3 is 18.3 Å². The molecule has 12 heteroatoms. The number of carboxylic acid groups (broad SMARTS) is 1. The molecule has 4 aromatic carbocycles. The summed E-state index contributed by atoms with van der Waals surface area (Å²) in [6.45, 7) is 1.50. The quantitative estimate of drug-likeness (QED) is 0.166. The highest BCUT2D eigenvalue weighted by Crippen LogP contribution is 2.32. The van der Waals surface area contributed by atoms with Crippen molar-refractivity contribution in [2.24, 2.45) is 0 Å². The average molecular weight is 602 g/mol. The molecule has 0 fully saturated rings. The summed E-state index contributed by atoms with van der Waals surface area (Å²) in [6.07, 6.45) is -9.48. The number of aromatic amines is 1. The first-order valence-electron chi connectivity index (χ1n) is 12.7. The van der Waals surface area contributed by atoms with E-state index in [-0.39, 0.29) is 0 Å². The Balaban J connectivity index is 0.000000541. The standard InChI is InChI=1S/C29H24F3N3O.C2HF3O2/c1-36-25-12-7-20(8-13-25)18-33-17-19-5-9-21(10-6-19)22-3-2-4-23(15-22)28-34-26-14-11-24(29(30,31)32)16-27(26)35-28;3-2(4,5)1(6)7/h2-16,33H,17-18H2,1H3,(H,34,35);(H,6,7). The lowest BCUT2D eigenvalue weighted by Gasteiger charge is -2.08. The first-order chi connectivity index (χ1) is 20.3. The van der Waals surface area contributed by atoms with Crippen LogP contribution in [0.5, 0.6) is 5.75 Å². The number of halogens is 6. The average Bonchev–Trinajstić information content (AvgIpc) is 3.41. The van der Waals surface area contributed by atoms with Crippen LogP contribution in [0, 0.1) is 0 Å². The lowest BCUT2D eigenvalue weighted by atomic mass is 10.0. The van der Waals surface area contributed by atoms with E-state index in [1.807, 2.05) is 48.5 Å². The predicted octanol–water partition coefficient (Wildman–Crippen LogP) is 7.85. The first-order valence-corrected chi connectivity index (χ1v) is 12.7. The molecule has 5 aromatic rings. The molecule has 0 unspecified atom stereocenters. The molecule has 0 radical (unpaired) electrons. The van der Waals surface area contributed by atoms with Crippen LogP contribution < -0.4 is 10.1 Å². The third-order valence-corrected chi connectivity index (χ3v) is 6.29. The van der Waals surface area contributed by atoms with Crippen LogP contribution in [-0.4, -0.2) is 34.3 Å². The van der Waals surface area contributed by atoms with Crippen molar-refractivity contribution in [3.05, 3.63) is 108 Å². The molecule has 3 N–H and O–H groups in total. The van der Waals surface area contributed by atoms with E-state index in [9.17, 15) is 26.3 Å². The monoisotopic (exact) mass is 601 g/mol. The van der Waals surface area contributed by atoms with Gasteiger partial charge in [-0.25, -0.2) is 9.78 Å². The number of H-pyrrole nitrogens is 1. The zero-order valence-corrected chi connectivity index (χ0v) is 22.6. The van der Waals surface area contributed by atoms with Crippen molar-refractivity contribution in [2.45, 2.75) is 25.4 Å². The molecule has 6 nitrogen and oxygen atoms in total. The van der Waals surface area contributed by atoms with Gasteiger partial charge in [-0.3, -0.25) is 0 Å². The summed E-state index contributed by atoms with van der Waals surface area (Å²) in [5, 5.41) is 10.6. The van der Waals surface area contributed by atoms with Gasteiger partial charge < -0.3 is 20.1 Å². The van der Waals surface area contributed by atoms with Crippen molar-refractivity contribution in [2.75, 3.05) is 7.11 Å². The minimum absolute atomic E-state index is 0.358. The fraction of sp³-hybridized carbons (Fsp3) is 0.161. The molecule has 0 aliphatic carbocycles. The Bertz CT molecular complexity index is 1680. The van der Waals surface area contributed by atoms with Gasteiger partial charge in [-0.2, -0.15) is 26.3 Å². The molecule has 0 bridgehead atoms. The molecule has 0 amide bonds. The molecule has 0 saturated carbocycles. The number of alkyl halides is 6. The van der Waals surface area contributed by atoms with Crippen molar-refractivity contribution < 1.29 is 41.0 Å². The number of methoxy groups -OCH3 is 1. The van der Waals surface area contributed by atoms with Crippen LogP contribution in [0.1, 0.15) is 16.7 Å². The predicted molar refractivity (Wildman–Crippen MR) is 149 cm³/mol. The maximum atomic E-state index is 13.0. The molecule has 43 heavy (non-hydrogen) atoms. The van der Waals surface area contributed by atoms with Gasteiger partial charge in [-0.15, -0.1) is 0 Å². The Kier molecular flexibility index (Phi) is 9.40. The van der Waals surface area contributed by atoms with E-state index in [4.69, 9.17) is 14.6 Å². The number of hydrogen-bond donors (Lipinski definition) is 3. The van der Waals surface area contributed by atoms with Gasteiger partial charge in [0.2, 0.25) is 0 Å². The second-order valence-corrected chi connectivity index (χ2v) is 9.35. The van der Waals surface area contributed by atoms with Crippen molar-refractivity contribution in [1.82, 2.24) is 15.3 Å². The van der Waals surface area contributed by atoms with Crippen molar-refractivity contribution in [3.63, 3.8) is 0 Å². The summed E-state index contributed by atoms with van der Waals surface area (Å²) in [6, 6.07) is 27.6. The minimum atomic E-state index is -5.08. The van der Waals surface area contributed by atoms with Crippen LogP contribution in [0.4, 0.5) is 26.3 Å². The van der Waals surface area contributed by atoms with E-state index in [1.165, 1.54) is 17.2 Å². The van der Waals surface area contributed by atoms with E-state index in [2.05, 4.69) is 39.6 Å². The summed E-state index contributed by atoms with van der Waals surface area (Å²) in [5.74, 6) is -1.38. The largest absolute Gasteiger partial charge is 0.497 e. The second kappa shape index (κ2) is 13.0. The molecule has 224 valence electrons. The van der Waals surface area contributed by atoms with E-state index in [0.717, 1.165) is 47.7 Å². The smallest absolute Gasteiger partial charge is 0.490 e. The Morgan fingerprint density at radius 3 is 1.95 bits per heavy atom. The van der Waals surface area contributed by atoms with Crippen LogP contribution in [0.25, 0.3) is 33.5 Å². The number of nitrogens with zero attached hydrogens (tertiary/aromatic N) is 1. The van der Waals surface area contributed by atoms with Crippen LogP contribution in [0.2, 0.25) is 0 Å². The highest BCUT2D eigenvalue weighted by molar-refractivity contribution is 5.81. The summed E-state index contributed by atoms with van der Waals surface area (Å²) in [5.41, 5.74) is 5.37. The molecule has 0 aliphatic rings. The lowest BCUT2D eigenvalue weighted by molar-refractivity contribution is -0.192.